The maximum Gasteiger partial charge on any atom is 0.337 e. The zero-order valence-corrected chi connectivity index (χ0v) is 12.5. The van der Waals surface area contributed by atoms with Crippen LogP contribution in [-0.4, -0.2) is 21.0 Å². The Labute approximate surface area is 126 Å². The number of hydrogen-bond donors (Lipinski definition) is 1. The minimum Gasteiger partial charge on any atom is -0.478 e. The Balaban J connectivity index is 2.27. The van der Waals surface area contributed by atoms with E-state index in [9.17, 15) is 4.79 Å². The minimum atomic E-state index is -1.05. The second kappa shape index (κ2) is 5.85. The van der Waals surface area contributed by atoms with Gasteiger partial charge in [-0.3, -0.25) is 0 Å². The first kappa shape index (κ1) is 13.6. The largest absolute Gasteiger partial charge is 0.478 e. The second-order valence-corrected chi connectivity index (χ2v) is 5.93. The maximum atomic E-state index is 10.9. The predicted octanol–water partition coefficient (Wildman–Crippen LogP) is 3.58. The van der Waals surface area contributed by atoms with Crippen LogP contribution in [0.15, 0.2) is 40.6 Å². The van der Waals surface area contributed by atoms with Gasteiger partial charge in [-0.05, 0) is 52.6 Å². The summed E-state index contributed by atoms with van der Waals surface area (Å²) in [4.78, 5) is 19.9. The summed E-state index contributed by atoms with van der Waals surface area (Å²) in [6.07, 6.45) is 3.40. The lowest BCUT2D eigenvalue weighted by Gasteiger charge is -2.03. The number of aromatic nitrogens is 2. The van der Waals surface area contributed by atoms with Gasteiger partial charge >= 0.3 is 5.97 Å². The van der Waals surface area contributed by atoms with Crippen LogP contribution in [0.3, 0.4) is 0 Å². The van der Waals surface area contributed by atoms with E-state index in [1.54, 1.807) is 24.5 Å². The first-order valence-electron chi connectivity index (χ1n) is 4.74. The van der Waals surface area contributed by atoms with Crippen LogP contribution in [-0.2, 0) is 0 Å². The molecule has 0 radical (unpaired) electrons. The molecule has 0 atom stereocenters. The lowest BCUT2D eigenvalue weighted by Crippen LogP contribution is -1.97. The van der Waals surface area contributed by atoms with E-state index in [0.29, 0.717) is 5.16 Å². The van der Waals surface area contributed by atoms with Gasteiger partial charge < -0.3 is 5.11 Å². The molecular weight excluding hydrogens is 387 g/mol. The van der Waals surface area contributed by atoms with Crippen LogP contribution in [0.25, 0.3) is 0 Å². The lowest BCUT2D eigenvalue weighted by molar-refractivity contribution is 0.0697. The van der Waals surface area contributed by atoms with E-state index in [-0.39, 0.29) is 10.6 Å². The van der Waals surface area contributed by atoms with Gasteiger partial charge in [0.1, 0.15) is 0 Å². The van der Waals surface area contributed by atoms with Gasteiger partial charge in [-0.15, -0.1) is 0 Å². The molecule has 2 aromatic rings. The summed E-state index contributed by atoms with van der Waals surface area (Å²) in [5, 5.41) is 9.75. The van der Waals surface area contributed by atoms with Gasteiger partial charge in [-0.2, -0.15) is 0 Å². The monoisotopic (exact) mass is 392 g/mol. The quantitative estimate of drug-likeness (QED) is 0.639. The highest BCUT2D eigenvalue weighted by Gasteiger charge is 2.10. The summed E-state index contributed by atoms with van der Waals surface area (Å²) in [5.74, 6) is -1.05. The van der Waals surface area contributed by atoms with Crippen molar-refractivity contribution in [3.8, 4) is 0 Å². The van der Waals surface area contributed by atoms with Gasteiger partial charge in [0, 0.05) is 20.9 Å². The average molecular weight is 393 g/mol. The summed E-state index contributed by atoms with van der Waals surface area (Å²) < 4.78 is 0.944. The van der Waals surface area contributed by atoms with Crippen molar-refractivity contribution in [3.63, 3.8) is 0 Å². The number of hydrogen-bond acceptors (Lipinski definition) is 4. The van der Waals surface area contributed by atoms with Gasteiger partial charge in [0.2, 0.25) is 0 Å². The minimum absolute atomic E-state index is 0.0761. The summed E-state index contributed by atoms with van der Waals surface area (Å²) >= 11 is 9.20. The molecule has 0 saturated carbocycles. The highest BCUT2D eigenvalue weighted by atomic mass is 127. The normalized spacial score (nSPS) is 10.3. The van der Waals surface area contributed by atoms with Crippen molar-refractivity contribution in [2.45, 2.75) is 10.1 Å². The third-order valence-electron chi connectivity index (χ3n) is 1.97. The van der Waals surface area contributed by atoms with E-state index in [2.05, 4.69) is 32.6 Å². The van der Waals surface area contributed by atoms with E-state index in [4.69, 9.17) is 16.7 Å². The Morgan fingerprint density at radius 1 is 1.33 bits per heavy atom. The molecule has 1 aromatic heterocycles. The molecule has 0 aliphatic rings. The Morgan fingerprint density at radius 2 is 2.00 bits per heavy atom. The number of carboxylic acid groups (broad SMARTS) is 1. The van der Waals surface area contributed by atoms with Crippen LogP contribution in [0.2, 0.25) is 5.02 Å². The van der Waals surface area contributed by atoms with Gasteiger partial charge in [0.15, 0.2) is 5.16 Å². The van der Waals surface area contributed by atoms with Crippen molar-refractivity contribution in [1.82, 2.24) is 9.97 Å². The average Bonchev–Trinajstić information content (AvgIpc) is 2.34. The number of rotatable bonds is 3. The van der Waals surface area contributed by atoms with Gasteiger partial charge in [0.05, 0.1) is 10.6 Å². The first-order valence-corrected chi connectivity index (χ1v) is 7.02. The number of carbonyl (C=O) groups is 1. The maximum absolute atomic E-state index is 10.9. The topological polar surface area (TPSA) is 63.1 Å². The zero-order chi connectivity index (χ0) is 13.1. The van der Waals surface area contributed by atoms with Crippen molar-refractivity contribution in [1.29, 1.82) is 0 Å². The van der Waals surface area contributed by atoms with Gasteiger partial charge in [-0.25, -0.2) is 14.8 Å². The van der Waals surface area contributed by atoms with E-state index in [1.165, 1.54) is 17.8 Å². The third-order valence-corrected chi connectivity index (χ3v) is 3.74. The SMILES string of the molecule is O=C(O)c1cc(Sc2ncc(I)cn2)ccc1Cl. The number of carboxylic acids is 1. The highest BCUT2D eigenvalue weighted by Crippen LogP contribution is 2.28. The predicted molar refractivity (Wildman–Crippen MR) is 77.3 cm³/mol. The molecule has 18 heavy (non-hydrogen) atoms. The molecule has 0 aliphatic carbocycles. The van der Waals surface area contributed by atoms with E-state index < -0.39 is 5.97 Å². The second-order valence-electron chi connectivity index (χ2n) is 3.23. The molecule has 0 amide bonds. The standard InChI is InChI=1S/C11H6ClIN2O2S/c12-9-2-1-7(3-8(9)10(16)17)18-11-14-4-6(13)5-15-11/h1-5H,(H,16,17). The zero-order valence-electron chi connectivity index (χ0n) is 8.80. The third kappa shape index (κ3) is 3.33. The molecule has 0 saturated heterocycles. The molecule has 2 rings (SSSR count). The molecule has 1 N–H and O–H groups in total. The molecule has 0 bridgehead atoms. The van der Waals surface area contributed by atoms with Crippen molar-refractivity contribution >= 4 is 51.9 Å². The fraction of sp³-hybridized carbons (Fsp3) is 0. The molecule has 1 aromatic carbocycles. The Kier molecular flexibility index (Phi) is 4.41. The molecule has 0 unspecified atom stereocenters. The number of benzene rings is 1. The fourth-order valence-corrected chi connectivity index (χ4v) is 2.40. The molecule has 92 valence electrons. The highest BCUT2D eigenvalue weighted by molar-refractivity contribution is 14.1. The van der Waals surface area contributed by atoms with Crippen LogP contribution >= 0.6 is 46.0 Å². The van der Waals surface area contributed by atoms with Crippen LogP contribution in [0.1, 0.15) is 10.4 Å². The summed E-state index contributed by atoms with van der Waals surface area (Å²) in [5.41, 5.74) is 0.0761. The Morgan fingerprint density at radius 3 is 2.61 bits per heavy atom. The van der Waals surface area contributed by atoms with Gasteiger partial charge in [0.25, 0.3) is 0 Å². The first-order chi connectivity index (χ1) is 8.56. The lowest BCUT2D eigenvalue weighted by atomic mass is 10.2. The number of nitrogens with zero attached hydrogens (tertiary/aromatic N) is 2. The Hall–Kier alpha value is -0.860. The van der Waals surface area contributed by atoms with Crippen LogP contribution in [0.4, 0.5) is 0 Å². The van der Waals surface area contributed by atoms with E-state index in [1.807, 2.05) is 0 Å². The van der Waals surface area contributed by atoms with Crippen molar-refractivity contribution in [2.24, 2.45) is 0 Å². The summed E-state index contributed by atoms with van der Waals surface area (Å²) in [6, 6.07) is 4.80. The van der Waals surface area contributed by atoms with Crippen molar-refractivity contribution in [2.75, 3.05) is 0 Å². The number of aromatic carboxylic acids is 1. The van der Waals surface area contributed by atoms with Crippen molar-refractivity contribution in [3.05, 3.63) is 44.7 Å². The molecule has 1 heterocycles. The molecule has 0 fully saturated rings. The molecule has 0 aliphatic heterocycles. The molecule has 0 spiro atoms. The molecular formula is C11H6ClIN2O2S. The van der Waals surface area contributed by atoms with E-state index >= 15 is 0 Å². The molecule has 7 heteroatoms. The van der Waals surface area contributed by atoms with Gasteiger partial charge in [-0.1, -0.05) is 11.6 Å². The van der Waals surface area contributed by atoms with Crippen molar-refractivity contribution < 1.29 is 9.90 Å². The van der Waals surface area contributed by atoms with Crippen LogP contribution in [0, 0.1) is 3.57 Å². The van der Waals surface area contributed by atoms with Crippen LogP contribution < -0.4 is 0 Å². The smallest absolute Gasteiger partial charge is 0.337 e. The fourth-order valence-electron chi connectivity index (χ4n) is 1.19. The van der Waals surface area contributed by atoms with Crippen LogP contribution in [0.5, 0.6) is 0 Å². The molecule has 4 nitrogen and oxygen atoms in total. The van der Waals surface area contributed by atoms with E-state index in [0.717, 1.165) is 8.47 Å². The summed E-state index contributed by atoms with van der Waals surface area (Å²) in [7, 11) is 0. The number of halogens is 2. The Bertz CT molecular complexity index is 592. The summed E-state index contributed by atoms with van der Waals surface area (Å²) in [6.45, 7) is 0.